The molecule has 0 saturated carbocycles. The van der Waals surface area contributed by atoms with Crippen LogP contribution in [0.4, 0.5) is 11.4 Å². The van der Waals surface area contributed by atoms with Gasteiger partial charge in [-0.05, 0) is 67.4 Å². The molecule has 6 heteroatoms. The van der Waals surface area contributed by atoms with Crippen molar-refractivity contribution in [2.45, 2.75) is 26.4 Å². The topological polar surface area (TPSA) is 67.4 Å². The third-order valence-corrected chi connectivity index (χ3v) is 4.88. The summed E-state index contributed by atoms with van der Waals surface area (Å²) >= 11 is 6.07. The number of carbonyl (C=O) groups is 2. The van der Waals surface area contributed by atoms with Crippen molar-refractivity contribution in [3.8, 4) is 5.75 Å². The first-order valence-electron chi connectivity index (χ1n) is 9.68. The molecule has 0 aliphatic carbocycles. The fraction of sp³-hybridized carbons (Fsp3) is 0.167. The van der Waals surface area contributed by atoms with E-state index in [0.717, 1.165) is 12.1 Å². The Morgan fingerprint density at radius 1 is 0.933 bits per heavy atom. The van der Waals surface area contributed by atoms with Crippen LogP contribution >= 0.6 is 11.6 Å². The van der Waals surface area contributed by atoms with Crippen LogP contribution in [-0.4, -0.2) is 17.9 Å². The highest BCUT2D eigenvalue weighted by Crippen LogP contribution is 2.22. The molecule has 2 N–H and O–H groups in total. The van der Waals surface area contributed by atoms with Crippen LogP contribution in [0.1, 0.15) is 29.8 Å². The molecule has 0 bridgehead atoms. The maximum absolute atomic E-state index is 12.4. The van der Waals surface area contributed by atoms with Gasteiger partial charge in [-0.15, -0.1) is 0 Å². The molecule has 2 amide bonds. The summed E-state index contributed by atoms with van der Waals surface area (Å²) in [6, 6.07) is 21.3. The Bertz CT molecular complexity index is 1020. The molecule has 3 aromatic carbocycles. The van der Waals surface area contributed by atoms with E-state index in [4.69, 9.17) is 16.3 Å². The van der Waals surface area contributed by atoms with Crippen molar-refractivity contribution in [3.05, 3.63) is 88.9 Å². The summed E-state index contributed by atoms with van der Waals surface area (Å²) in [5.74, 6) is -0.0379. The van der Waals surface area contributed by atoms with Crippen molar-refractivity contribution in [1.29, 1.82) is 0 Å². The number of halogens is 1. The van der Waals surface area contributed by atoms with Crippen molar-refractivity contribution >= 4 is 34.8 Å². The smallest absolute Gasteiger partial charge is 0.265 e. The molecular weight excluding hydrogens is 400 g/mol. The molecule has 0 aromatic heterocycles. The number of nitrogens with one attached hydrogen (secondary N) is 2. The average Bonchev–Trinajstić information content (AvgIpc) is 2.76. The van der Waals surface area contributed by atoms with Gasteiger partial charge in [-0.1, -0.05) is 42.8 Å². The SMILES string of the molecule is CCc1ccc(NC(=O)[C@@H](C)Oc2ccc(C(=O)Nc3ccccc3Cl)cc2)cc1. The van der Waals surface area contributed by atoms with Crippen LogP contribution in [0, 0.1) is 0 Å². The van der Waals surface area contributed by atoms with Crippen LogP contribution < -0.4 is 15.4 Å². The van der Waals surface area contributed by atoms with Crippen LogP contribution in [0.2, 0.25) is 5.02 Å². The number of carbonyl (C=O) groups excluding carboxylic acids is 2. The molecule has 0 saturated heterocycles. The Balaban J connectivity index is 1.56. The number of hydrogen-bond acceptors (Lipinski definition) is 3. The minimum absolute atomic E-state index is 0.250. The minimum atomic E-state index is -0.696. The summed E-state index contributed by atoms with van der Waals surface area (Å²) in [6.07, 6.45) is 0.249. The van der Waals surface area contributed by atoms with Crippen molar-refractivity contribution < 1.29 is 14.3 Å². The first kappa shape index (κ1) is 21.4. The highest BCUT2D eigenvalue weighted by Gasteiger charge is 2.15. The molecule has 0 unspecified atom stereocenters. The zero-order valence-electron chi connectivity index (χ0n) is 16.8. The lowest BCUT2D eigenvalue weighted by Gasteiger charge is -2.15. The summed E-state index contributed by atoms with van der Waals surface area (Å²) in [5.41, 5.74) is 2.92. The van der Waals surface area contributed by atoms with Crippen LogP contribution in [0.3, 0.4) is 0 Å². The lowest BCUT2D eigenvalue weighted by molar-refractivity contribution is -0.122. The number of amides is 2. The highest BCUT2D eigenvalue weighted by atomic mass is 35.5. The predicted octanol–water partition coefficient (Wildman–Crippen LogP) is 5.56. The summed E-state index contributed by atoms with van der Waals surface area (Å²) in [7, 11) is 0. The fourth-order valence-corrected chi connectivity index (χ4v) is 2.95. The van der Waals surface area contributed by atoms with Gasteiger partial charge >= 0.3 is 0 Å². The predicted molar refractivity (Wildman–Crippen MR) is 120 cm³/mol. The quantitative estimate of drug-likeness (QED) is 0.523. The maximum Gasteiger partial charge on any atom is 0.265 e. The second-order valence-corrected chi connectivity index (χ2v) is 7.17. The Kier molecular flexibility index (Phi) is 7.09. The standard InChI is InChI=1S/C24H23ClN2O3/c1-3-17-8-12-19(13-9-17)26-23(28)16(2)30-20-14-10-18(11-15-20)24(29)27-22-7-5-4-6-21(22)25/h4-16H,3H2,1-2H3,(H,26,28)(H,27,29)/t16-/m1/s1. The van der Waals surface area contributed by atoms with Gasteiger partial charge in [0.15, 0.2) is 6.10 Å². The first-order chi connectivity index (χ1) is 14.5. The Hall–Kier alpha value is -3.31. The van der Waals surface area contributed by atoms with E-state index in [-0.39, 0.29) is 11.8 Å². The van der Waals surface area contributed by atoms with E-state index in [1.165, 1.54) is 5.56 Å². The summed E-state index contributed by atoms with van der Waals surface area (Å²) < 4.78 is 5.70. The van der Waals surface area contributed by atoms with Gasteiger partial charge < -0.3 is 15.4 Å². The lowest BCUT2D eigenvalue weighted by atomic mass is 10.1. The third kappa shape index (κ3) is 5.61. The Morgan fingerprint density at radius 2 is 1.60 bits per heavy atom. The summed E-state index contributed by atoms with van der Waals surface area (Å²) in [5, 5.41) is 6.07. The highest BCUT2D eigenvalue weighted by molar-refractivity contribution is 6.33. The molecule has 0 radical (unpaired) electrons. The Morgan fingerprint density at radius 3 is 2.23 bits per heavy atom. The van der Waals surface area contributed by atoms with Crippen molar-refractivity contribution in [2.75, 3.05) is 10.6 Å². The minimum Gasteiger partial charge on any atom is -0.481 e. The van der Waals surface area contributed by atoms with Crippen LogP contribution in [-0.2, 0) is 11.2 Å². The van der Waals surface area contributed by atoms with Crippen LogP contribution in [0.5, 0.6) is 5.75 Å². The molecule has 1 atom stereocenters. The van der Waals surface area contributed by atoms with E-state index in [1.807, 2.05) is 24.3 Å². The van der Waals surface area contributed by atoms with E-state index in [2.05, 4.69) is 17.6 Å². The van der Waals surface area contributed by atoms with Crippen molar-refractivity contribution in [2.24, 2.45) is 0 Å². The van der Waals surface area contributed by atoms with Gasteiger partial charge in [0.1, 0.15) is 5.75 Å². The third-order valence-electron chi connectivity index (χ3n) is 4.55. The van der Waals surface area contributed by atoms with Crippen LogP contribution in [0.15, 0.2) is 72.8 Å². The number of benzene rings is 3. The molecule has 0 spiro atoms. The normalized spacial score (nSPS) is 11.4. The van der Waals surface area contributed by atoms with E-state index in [9.17, 15) is 9.59 Å². The molecule has 3 aromatic rings. The second kappa shape index (κ2) is 9.94. The van der Waals surface area contributed by atoms with Gasteiger partial charge in [-0.2, -0.15) is 0 Å². The second-order valence-electron chi connectivity index (χ2n) is 6.76. The number of hydrogen-bond donors (Lipinski definition) is 2. The fourth-order valence-electron chi connectivity index (χ4n) is 2.77. The number of rotatable bonds is 7. The van der Waals surface area contributed by atoms with Gasteiger partial charge in [0.2, 0.25) is 0 Å². The molecular formula is C24H23ClN2O3. The molecule has 3 rings (SSSR count). The Labute approximate surface area is 181 Å². The van der Waals surface area contributed by atoms with Crippen LogP contribution in [0.25, 0.3) is 0 Å². The molecule has 0 heterocycles. The average molecular weight is 423 g/mol. The summed E-state index contributed by atoms with van der Waals surface area (Å²) in [6.45, 7) is 3.75. The zero-order valence-corrected chi connectivity index (χ0v) is 17.6. The molecule has 30 heavy (non-hydrogen) atoms. The lowest BCUT2D eigenvalue weighted by Crippen LogP contribution is -2.30. The molecule has 0 fully saturated rings. The summed E-state index contributed by atoms with van der Waals surface area (Å²) in [4.78, 5) is 24.8. The first-order valence-corrected chi connectivity index (χ1v) is 10.1. The van der Waals surface area contributed by atoms with Crippen molar-refractivity contribution in [1.82, 2.24) is 0 Å². The van der Waals surface area contributed by atoms with E-state index < -0.39 is 6.10 Å². The van der Waals surface area contributed by atoms with Gasteiger partial charge in [0, 0.05) is 11.3 Å². The van der Waals surface area contributed by atoms with Crippen molar-refractivity contribution in [3.63, 3.8) is 0 Å². The zero-order chi connectivity index (χ0) is 21.5. The van der Waals surface area contributed by atoms with Gasteiger partial charge in [-0.25, -0.2) is 0 Å². The van der Waals surface area contributed by atoms with E-state index in [1.54, 1.807) is 55.5 Å². The number of aryl methyl sites for hydroxylation is 1. The number of para-hydroxylation sites is 1. The maximum atomic E-state index is 12.4. The van der Waals surface area contributed by atoms with E-state index >= 15 is 0 Å². The van der Waals surface area contributed by atoms with Gasteiger partial charge in [0.25, 0.3) is 11.8 Å². The number of ether oxygens (including phenoxy) is 1. The van der Waals surface area contributed by atoms with Gasteiger partial charge in [-0.3, -0.25) is 9.59 Å². The molecule has 154 valence electrons. The number of anilines is 2. The largest absolute Gasteiger partial charge is 0.481 e. The molecule has 0 aliphatic heterocycles. The monoisotopic (exact) mass is 422 g/mol. The van der Waals surface area contributed by atoms with E-state index in [0.29, 0.717) is 22.0 Å². The van der Waals surface area contributed by atoms with Gasteiger partial charge in [0.05, 0.1) is 10.7 Å². The molecule has 0 aliphatic rings. The molecule has 5 nitrogen and oxygen atoms in total.